The van der Waals surface area contributed by atoms with Gasteiger partial charge in [-0.2, -0.15) is 0 Å². The van der Waals surface area contributed by atoms with Crippen molar-refractivity contribution in [3.05, 3.63) is 12.7 Å². The molecule has 0 aliphatic heterocycles. The maximum absolute atomic E-state index is 11.0. The van der Waals surface area contributed by atoms with Gasteiger partial charge in [0.2, 0.25) is 5.91 Å². The van der Waals surface area contributed by atoms with E-state index >= 15 is 0 Å². The number of nitrogens with one attached hydrogen (secondary N) is 2. The number of hydrogen-bond acceptors (Lipinski definition) is 2. The summed E-state index contributed by atoms with van der Waals surface area (Å²) in [5, 5.41) is 6.30. The molecule has 2 N–H and O–H groups in total. The monoisotopic (exact) mass is 310 g/mol. The Labute approximate surface area is 138 Å². The summed E-state index contributed by atoms with van der Waals surface area (Å²) in [5.41, 5.74) is 0.153. The summed E-state index contributed by atoms with van der Waals surface area (Å²) >= 11 is 0. The van der Waals surface area contributed by atoms with Crippen LogP contribution in [-0.2, 0) is 4.79 Å². The van der Waals surface area contributed by atoms with Crippen molar-refractivity contribution >= 4 is 5.91 Å². The summed E-state index contributed by atoms with van der Waals surface area (Å²) in [6.07, 6.45) is 14.9. The van der Waals surface area contributed by atoms with E-state index in [9.17, 15) is 4.79 Å². The van der Waals surface area contributed by atoms with Gasteiger partial charge in [-0.25, -0.2) is 0 Å². The van der Waals surface area contributed by atoms with Crippen LogP contribution < -0.4 is 10.6 Å². The Morgan fingerprint density at radius 3 is 2.05 bits per heavy atom. The largest absolute Gasteiger partial charge is 0.351 e. The molecule has 0 aliphatic carbocycles. The molecule has 0 bridgehead atoms. The smallest absolute Gasteiger partial charge is 0.243 e. The van der Waals surface area contributed by atoms with Crippen LogP contribution in [0.4, 0.5) is 0 Å². The second-order valence-electron chi connectivity index (χ2n) is 6.88. The van der Waals surface area contributed by atoms with E-state index in [-0.39, 0.29) is 11.4 Å². The first-order valence-electron chi connectivity index (χ1n) is 9.17. The molecule has 1 amide bonds. The fourth-order valence-corrected chi connectivity index (χ4v) is 2.62. The fraction of sp³-hybridized carbons (Fsp3) is 0.842. The van der Waals surface area contributed by atoms with E-state index in [4.69, 9.17) is 0 Å². The summed E-state index contributed by atoms with van der Waals surface area (Å²) in [6.45, 7) is 11.7. The van der Waals surface area contributed by atoms with Gasteiger partial charge in [-0.3, -0.25) is 4.79 Å². The summed E-state index contributed by atoms with van der Waals surface area (Å²) < 4.78 is 0. The van der Waals surface area contributed by atoms with Crippen LogP contribution in [0.25, 0.3) is 0 Å². The molecule has 0 heterocycles. The number of carbonyl (C=O) groups is 1. The molecular weight excluding hydrogens is 272 g/mol. The molecule has 0 saturated heterocycles. The highest BCUT2D eigenvalue weighted by atomic mass is 16.1. The van der Waals surface area contributed by atoms with Crippen molar-refractivity contribution in [3.8, 4) is 0 Å². The molecule has 0 atom stereocenters. The number of carbonyl (C=O) groups excluding carboxylic acids is 1. The Hall–Kier alpha value is -0.830. The quantitative estimate of drug-likeness (QED) is 0.343. The van der Waals surface area contributed by atoms with Gasteiger partial charge in [0.05, 0.1) is 0 Å². The highest BCUT2D eigenvalue weighted by molar-refractivity contribution is 5.86. The van der Waals surface area contributed by atoms with E-state index in [1.165, 1.54) is 70.3 Å². The van der Waals surface area contributed by atoms with Crippen LogP contribution in [0.1, 0.15) is 85.0 Å². The van der Waals surface area contributed by atoms with Crippen LogP contribution >= 0.6 is 0 Å². The Morgan fingerprint density at radius 2 is 1.50 bits per heavy atom. The van der Waals surface area contributed by atoms with Gasteiger partial charge in [-0.15, -0.1) is 0 Å². The maximum atomic E-state index is 11.0. The minimum absolute atomic E-state index is 0.0986. The van der Waals surface area contributed by atoms with Crippen LogP contribution in [0.15, 0.2) is 12.7 Å². The number of amides is 1. The lowest BCUT2D eigenvalue weighted by atomic mass is 9.96. The van der Waals surface area contributed by atoms with Crippen molar-refractivity contribution in [2.75, 3.05) is 13.1 Å². The SMILES string of the molecule is C=CC(=O)NCCNC(C)(C)CCCCCCCCCCC. The van der Waals surface area contributed by atoms with Gasteiger partial charge in [-0.05, 0) is 26.3 Å². The first-order valence-corrected chi connectivity index (χ1v) is 9.17. The zero-order valence-corrected chi connectivity index (χ0v) is 15.2. The summed E-state index contributed by atoms with van der Waals surface area (Å²) in [7, 11) is 0. The van der Waals surface area contributed by atoms with Crippen molar-refractivity contribution < 1.29 is 4.79 Å². The first-order chi connectivity index (χ1) is 10.5. The van der Waals surface area contributed by atoms with Crippen LogP contribution in [0.5, 0.6) is 0 Å². The van der Waals surface area contributed by atoms with Crippen molar-refractivity contribution in [1.82, 2.24) is 10.6 Å². The molecule has 0 aromatic rings. The molecule has 0 fully saturated rings. The zero-order chi connectivity index (χ0) is 16.7. The molecule has 0 aliphatic rings. The molecular formula is C19H38N2O. The lowest BCUT2D eigenvalue weighted by Crippen LogP contribution is -2.43. The Kier molecular flexibility index (Phi) is 13.3. The Balaban J connectivity index is 3.43. The topological polar surface area (TPSA) is 41.1 Å². The first kappa shape index (κ1) is 21.2. The number of unbranched alkanes of at least 4 members (excludes halogenated alkanes) is 8. The van der Waals surface area contributed by atoms with E-state index in [0.29, 0.717) is 6.54 Å². The third kappa shape index (κ3) is 14.1. The van der Waals surface area contributed by atoms with E-state index in [2.05, 4.69) is 38.0 Å². The summed E-state index contributed by atoms with van der Waals surface area (Å²) in [4.78, 5) is 11.0. The minimum Gasteiger partial charge on any atom is -0.351 e. The lowest BCUT2D eigenvalue weighted by Gasteiger charge is -2.26. The Bertz CT molecular complexity index is 287. The summed E-state index contributed by atoms with van der Waals surface area (Å²) in [6, 6.07) is 0. The van der Waals surface area contributed by atoms with Crippen molar-refractivity contribution in [1.29, 1.82) is 0 Å². The maximum Gasteiger partial charge on any atom is 0.243 e. The van der Waals surface area contributed by atoms with Crippen molar-refractivity contribution in [3.63, 3.8) is 0 Å². The molecule has 0 unspecified atom stereocenters. The van der Waals surface area contributed by atoms with Gasteiger partial charge in [0.1, 0.15) is 0 Å². The fourth-order valence-electron chi connectivity index (χ4n) is 2.62. The Morgan fingerprint density at radius 1 is 0.955 bits per heavy atom. The molecule has 0 radical (unpaired) electrons. The average Bonchev–Trinajstić information content (AvgIpc) is 2.49. The molecule has 3 heteroatoms. The molecule has 22 heavy (non-hydrogen) atoms. The van der Waals surface area contributed by atoms with Crippen LogP contribution in [-0.4, -0.2) is 24.5 Å². The molecule has 130 valence electrons. The van der Waals surface area contributed by atoms with Gasteiger partial charge >= 0.3 is 0 Å². The molecule has 0 saturated carbocycles. The van der Waals surface area contributed by atoms with Crippen LogP contribution in [0.2, 0.25) is 0 Å². The van der Waals surface area contributed by atoms with E-state index in [0.717, 1.165) is 6.54 Å². The second-order valence-corrected chi connectivity index (χ2v) is 6.88. The van der Waals surface area contributed by atoms with Crippen molar-refractivity contribution in [2.45, 2.75) is 90.5 Å². The summed E-state index contributed by atoms with van der Waals surface area (Å²) in [5.74, 6) is -0.0986. The van der Waals surface area contributed by atoms with Gasteiger partial charge in [-0.1, -0.05) is 71.3 Å². The second kappa shape index (κ2) is 13.8. The number of hydrogen-bond donors (Lipinski definition) is 2. The van der Waals surface area contributed by atoms with E-state index in [1.54, 1.807) is 0 Å². The van der Waals surface area contributed by atoms with Crippen molar-refractivity contribution in [2.24, 2.45) is 0 Å². The number of rotatable bonds is 15. The zero-order valence-electron chi connectivity index (χ0n) is 15.2. The average molecular weight is 311 g/mol. The highest BCUT2D eigenvalue weighted by Crippen LogP contribution is 2.15. The molecule has 0 rings (SSSR count). The predicted molar refractivity (Wildman–Crippen MR) is 97.1 cm³/mol. The standard InChI is InChI=1S/C19H38N2O/c1-5-7-8-9-10-11-12-13-14-15-19(3,4)21-17-16-20-18(22)6-2/h6,21H,2,5,7-17H2,1,3-4H3,(H,20,22). The third-order valence-electron chi connectivity index (χ3n) is 4.12. The van der Waals surface area contributed by atoms with Gasteiger partial charge in [0.15, 0.2) is 0 Å². The molecule has 0 spiro atoms. The van der Waals surface area contributed by atoms with E-state index < -0.39 is 0 Å². The third-order valence-corrected chi connectivity index (χ3v) is 4.12. The van der Waals surface area contributed by atoms with Gasteiger partial charge in [0.25, 0.3) is 0 Å². The lowest BCUT2D eigenvalue weighted by molar-refractivity contribution is -0.116. The predicted octanol–water partition coefficient (Wildman–Crippen LogP) is 4.58. The van der Waals surface area contributed by atoms with Gasteiger partial charge < -0.3 is 10.6 Å². The minimum atomic E-state index is -0.0986. The van der Waals surface area contributed by atoms with E-state index in [1.807, 2.05) is 0 Å². The highest BCUT2D eigenvalue weighted by Gasteiger charge is 2.15. The normalized spacial score (nSPS) is 11.4. The van der Waals surface area contributed by atoms with Crippen LogP contribution in [0, 0.1) is 0 Å². The molecule has 0 aromatic carbocycles. The van der Waals surface area contributed by atoms with Crippen LogP contribution in [0.3, 0.4) is 0 Å². The van der Waals surface area contributed by atoms with Gasteiger partial charge in [0, 0.05) is 18.6 Å². The molecule has 0 aromatic heterocycles. The molecule has 3 nitrogen and oxygen atoms in total.